The zero-order chi connectivity index (χ0) is 12.3. The van der Waals surface area contributed by atoms with Crippen LogP contribution in [-0.2, 0) is 22.0 Å². The fraction of sp³-hybridized carbons (Fsp3) is 0.300. The van der Waals surface area contributed by atoms with Crippen LogP contribution in [0.2, 0.25) is 0 Å². The Labute approximate surface area is 99.1 Å². The average Bonchev–Trinajstić information content (AvgIpc) is 2.25. The lowest BCUT2D eigenvalue weighted by Crippen LogP contribution is -2.08. The summed E-state index contributed by atoms with van der Waals surface area (Å²) in [5.41, 5.74) is 6.76. The predicted octanol–water partition coefficient (Wildman–Crippen LogP) is 1.51. The number of hydrogen-bond acceptors (Lipinski definition) is 4. The summed E-state index contributed by atoms with van der Waals surface area (Å²) in [6.07, 6.45) is 0.476. The van der Waals surface area contributed by atoms with E-state index in [0.29, 0.717) is 23.1 Å². The predicted molar refractivity (Wildman–Crippen MR) is 61.5 cm³/mol. The highest BCUT2D eigenvalue weighted by Crippen LogP contribution is 2.26. The number of hydrogen-bond donors (Lipinski definition) is 1. The van der Waals surface area contributed by atoms with Crippen LogP contribution in [0.1, 0.15) is 23.6 Å². The topological polar surface area (TPSA) is 83.9 Å². The molecule has 1 aromatic carbocycles. The van der Waals surface area contributed by atoms with E-state index in [2.05, 4.69) is 0 Å². The van der Waals surface area contributed by atoms with Gasteiger partial charge in [-0.25, -0.2) is 8.42 Å². The molecule has 0 aliphatic heterocycles. The van der Waals surface area contributed by atoms with Crippen molar-refractivity contribution in [2.75, 3.05) is 0 Å². The Morgan fingerprint density at radius 2 is 2.00 bits per heavy atom. The Hall–Kier alpha value is -1.09. The Bertz CT molecular complexity index is 521. The quantitative estimate of drug-likeness (QED) is 0.833. The van der Waals surface area contributed by atoms with Crippen LogP contribution in [0.5, 0.6) is 0 Å². The van der Waals surface area contributed by atoms with Gasteiger partial charge in [-0.05, 0) is 29.7 Å². The second kappa shape index (κ2) is 4.83. The molecule has 0 fully saturated rings. The minimum absolute atomic E-state index is 0.0316. The molecule has 0 bridgehead atoms. The van der Waals surface area contributed by atoms with Crippen molar-refractivity contribution < 1.29 is 8.42 Å². The normalized spacial score (nSPS) is 11.1. The van der Waals surface area contributed by atoms with Gasteiger partial charge in [-0.2, -0.15) is 5.26 Å². The summed E-state index contributed by atoms with van der Waals surface area (Å²) in [6, 6.07) is 4.94. The van der Waals surface area contributed by atoms with Crippen molar-refractivity contribution in [3.8, 4) is 6.07 Å². The van der Waals surface area contributed by atoms with Gasteiger partial charge in [-0.1, -0.05) is 6.92 Å². The standard InChI is InChI=1S/C10H11ClN2O2S/c1-2-8-3-7(5-12)4-9(6-13)10(8)16(11,14)15/h3-4H,2,6,13H2,1H3. The Morgan fingerprint density at radius 3 is 2.38 bits per heavy atom. The van der Waals surface area contributed by atoms with Crippen molar-refractivity contribution in [3.05, 3.63) is 28.8 Å². The first kappa shape index (κ1) is 13.0. The fourth-order valence-corrected chi connectivity index (χ4v) is 3.11. The van der Waals surface area contributed by atoms with Gasteiger partial charge in [0.2, 0.25) is 0 Å². The highest BCUT2D eigenvalue weighted by atomic mass is 35.7. The van der Waals surface area contributed by atoms with Crippen molar-refractivity contribution in [3.63, 3.8) is 0 Å². The molecule has 0 saturated carbocycles. The lowest BCUT2D eigenvalue weighted by atomic mass is 10.0. The number of nitrogens with zero attached hydrogens (tertiary/aromatic N) is 1. The third kappa shape index (κ3) is 2.53. The molecule has 6 heteroatoms. The minimum Gasteiger partial charge on any atom is -0.326 e. The minimum atomic E-state index is -3.83. The molecule has 0 atom stereocenters. The number of aryl methyl sites for hydroxylation is 1. The largest absolute Gasteiger partial charge is 0.326 e. The number of nitriles is 1. The van der Waals surface area contributed by atoms with Crippen LogP contribution in [0, 0.1) is 11.3 Å². The summed E-state index contributed by atoms with van der Waals surface area (Å²) in [5.74, 6) is 0. The zero-order valence-corrected chi connectivity index (χ0v) is 10.3. The molecule has 0 aliphatic rings. The summed E-state index contributed by atoms with van der Waals surface area (Å²) < 4.78 is 22.8. The summed E-state index contributed by atoms with van der Waals surface area (Å²) in [6.45, 7) is 1.83. The van der Waals surface area contributed by atoms with Crippen LogP contribution in [0.3, 0.4) is 0 Å². The highest BCUT2D eigenvalue weighted by molar-refractivity contribution is 8.13. The van der Waals surface area contributed by atoms with Crippen LogP contribution < -0.4 is 5.73 Å². The monoisotopic (exact) mass is 258 g/mol. The summed E-state index contributed by atoms with van der Waals surface area (Å²) >= 11 is 0. The maximum Gasteiger partial charge on any atom is 0.261 e. The molecule has 16 heavy (non-hydrogen) atoms. The van der Waals surface area contributed by atoms with Crippen molar-refractivity contribution in [2.24, 2.45) is 5.73 Å². The fourth-order valence-electron chi connectivity index (χ4n) is 1.55. The molecule has 0 amide bonds. The second-order valence-corrected chi connectivity index (χ2v) is 5.73. The van der Waals surface area contributed by atoms with Gasteiger partial charge < -0.3 is 5.73 Å². The molecule has 0 spiro atoms. The molecular formula is C10H11ClN2O2S. The van der Waals surface area contributed by atoms with E-state index in [0.717, 1.165) is 0 Å². The average molecular weight is 259 g/mol. The van der Waals surface area contributed by atoms with Gasteiger partial charge in [0, 0.05) is 17.2 Å². The molecule has 86 valence electrons. The molecule has 0 aromatic heterocycles. The van der Waals surface area contributed by atoms with Gasteiger partial charge in [-0.3, -0.25) is 0 Å². The van der Waals surface area contributed by atoms with E-state index in [9.17, 15) is 8.42 Å². The Morgan fingerprint density at radius 1 is 1.44 bits per heavy atom. The van der Waals surface area contributed by atoms with Crippen LogP contribution in [0.15, 0.2) is 17.0 Å². The first-order valence-corrected chi connectivity index (χ1v) is 6.95. The maximum atomic E-state index is 11.4. The summed E-state index contributed by atoms with van der Waals surface area (Å²) in [4.78, 5) is 0.0400. The van der Waals surface area contributed by atoms with Crippen molar-refractivity contribution >= 4 is 19.7 Å². The molecule has 4 nitrogen and oxygen atoms in total. The first-order valence-electron chi connectivity index (χ1n) is 4.64. The SMILES string of the molecule is CCc1cc(C#N)cc(CN)c1S(=O)(=O)Cl. The van der Waals surface area contributed by atoms with E-state index in [4.69, 9.17) is 21.7 Å². The summed E-state index contributed by atoms with van der Waals surface area (Å²) in [5, 5.41) is 8.80. The van der Waals surface area contributed by atoms with E-state index in [1.807, 2.05) is 6.07 Å². The van der Waals surface area contributed by atoms with E-state index in [-0.39, 0.29) is 11.4 Å². The van der Waals surface area contributed by atoms with E-state index in [1.54, 1.807) is 6.92 Å². The molecule has 0 aliphatic carbocycles. The molecular weight excluding hydrogens is 248 g/mol. The first-order chi connectivity index (χ1) is 7.43. The highest BCUT2D eigenvalue weighted by Gasteiger charge is 2.20. The third-order valence-corrected chi connectivity index (χ3v) is 3.69. The Balaban J connectivity index is 3.65. The van der Waals surface area contributed by atoms with Crippen LogP contribution in [0.4, 0.5) is 0 Å². The third-order valence-electron chi connectivity index (χ3n) is 2.22. The molecule has 0 radical (unpaired) electrons. The molecule has 0 saturated heterocycles. The molecule has 0 heterocycles. The lowest BCUT2D eigenvalue weighted by molar-refractivity contribution is 0.607. The van der Waals surface area contributed by atoms with E-state index in [1.165, 1.54) is 12.1 Å². The molecule has 0 unspecified atom stereocenters. The number of rotatable bonds is 3. The number of halogens is 1. The van der Waals surface area contributed by atoms with Gasteiger partial charge in [0.25, 0.3) is 9.05 Å². The van der Waals surface area contributed by atoms with Crippen LogP contribution >= 0.6 is 10.7 Å². The van der Waals surface area contributed by atoms with Crippen LogP contribution in [-0.4, -0.2) is 8.42 Å². The Kier molecular flexibility index (Phi) is 3.92. The lowest BCUT2D eigenvalue weighted by Gasteiger charge is -2.10. The molecule has 1 rings (SSSR count). The van der Waals surface area contributed by atoms with Crippen molar-refractivity contribution in [1.29, 1.82) is 5.26 Å². The maximum absolute atomic E-state index is 11.4. The molecule has 1 aromatic rings. The smallest absolute Gasteiger partial charge is 0.261 e. The van der Waals surface area contributed by atoms with Crippen molar-refractivity contribution in [2.45, 2.75) is 24.8 Å². The van der Waals surface area contributed by atoms with Crippen molar-refractivity contribution in [1.82, 2.24) is 0 Å². The van der Waals surface area contributed by atoms with E-state index >= 15 is 0 Å². The number of benzene rings is 1. The van der Waals surface area contributed by atoms with Gasteiger partial charge in [0.05, 0.1) is 16.5 Å². The van der Waals surface area contributed by atoms with Gasteiger partial charge >= 0.3 is 0 Å². The second-order valence-electron chi connectivity index (χ2n) is 3.23. The number of nitrogens with two attached hydrogens (primary N) is 1. The summed E-state index contributed by atoms with van der Waals surface area (Å²) in [7, 11) is 1.53. The zero-order valence-electron chi connectivity index (χ0n) is 8.70. The van der Waals surface area contributed by atoms with E-state index < -0.39 is 9.05 Å². The van der Waals surface area contributed by atoms with Gasteiger partial charge in [0.15, 0.2) is 0 Å². The van der Waals surface area contributed by atoms with Crippen LogP contribution in [0.25, 0.3) is 0 Å². The van der Waals surface area contributed by atoms with Gasteiger partial charge in [0.1, 0.15) is 0 Å². The van der Waals surface area contributed by atoms with Gasteiger partial charge in [-0.15, -0.1) is 0 Å². The molecule has 2 N–H and O–H groups in total.